The monoisotopic (exact) mass is 634 g/mol. The fourth-order valence-electron chi connectivity index (χ4n) is 5.07. The van der Waals surface area contributed by atoms with Crippen molar-refractivity contribution in [2.45, 2.75) is 39.2 Å². The van der Waals surface area contributed by atoms with Gasteiger partial charge in [-0.25, -0.2) is 9.78 Å². The second-order valence-corrected chi connectivity index (χ2v) is 11.3. The molecule has 1 amide bonds. The highest BCUT2D eigenvalue weighted by Crippen LogP contribution is 2.46. The van der Waals surface area contributed by atoms with Crippen LogP contribution in [-0.4, -0.2) is 61.3 Å². The molecule has 0 bridgehead atoms. The molecule has 0 spiro atoms. The number of aliphatic hydroxyl groups excluding tert-OH is 1. The molecule has 2 aliphatic rings. The number of aromatic nitrogens is 1. The Morgan fingerprint density at radius 3 is 2.64 bits per heavy atom. The zero-order chi connectivity index (χ0) is 32.1. The largest absolute Gasteiger partial charge is 0.507 e. The Labute approximate surface area is 264 Å². The summed E-state index contributed by atoms with van der Waals surface area (Å²) in [6.45, 7) is 8.48. The van der Waals surface area contributed by atoms with Gasteiger partial charge in [0.1, 0.15) is 30.5 Å². The summed E-state index contributed by atoms with van der Waals surface area (Å²) >= 11 is 0.913. The fraction of sp³-hybridized carbons (Fsp3) is 0.333. The molecule has 2 aromatic carbocycles. The normalized spacial score (nSPS) is 16.9. The summed E-state index contributed by atoms with van der Waals surface area (Å²) in [6.07, 6.45) is 4.38. The van der Waals surface area contributed by atoms with Gasteiger partial charge in [-0.15, -0.1) is 0 Å². The lowest BCUT2D eigenvalue weighted by atomic mass is 9.95. The summed E-state index contributed by atoms with van der Waals surface area (Å²) in [5.41, 5.74) is 0.868. The number of benzene rings is 2. The first-order valence-electron chi connectivity index (χ1n) is 14.6. The Balaban J connectivity index is 1.63. The summed E-state index contributed by atoms with van der Waals surface area (Å²) in [4.78, 5) is 46.0. The highest BCUT2D eigenvalue weighted by Gasteiger charge is 2.48. The summed E-state index contributed by atoms with van der Waals surface area (Å²) in [5, 5.41) is 11.7. The van der Waals surface area contributed by atoms with Gasteiger partial charge in [0.05, 0.1) is 31.0 Å². The van der Waals surface area contributed by atoms with E-state index in [-0.39, 0.29) is 27.8 Å². The number of fused-ring (bicyclic) bond motifs is 1. The number of hydrogen-bond donors (Lipinski definition) is 1. The van der Waals surface area contributed by atoms with Gasteiger partial charge in [-0.05, 0) is 49.2 Å². The van der Waals surface area contributed by atoms with Crippen molar-refractivity contribution in [3.8, 4) is 23.0 Å². The Hall–Kier alpha value is -4.84. The van der Waals surface area contributed by atoms with Gasteiger partial charge in [-0.3, -0.25) is 14.5 Å². The molecular weight excluding hydrogens is 600 g/mol. The van der Waals surface area contributed by atoms with Crippen LogP contribution in [0.2, 0.25) is 0 Å². The molecule has 1 aromatic heterocycles. The molecule has 236 valence electrons. The van der Waals surface area contributed by atoms with Gasteiger partial charge >= 0.3 is 11.9 Å². The van der Waals surface area contributed by atoms with E-state index in [1.165, 1.54) is 18.1 Å². The van der Waals surface area contributed by atoms with E-state index in [2.05, 4.69) is 18.5 Å². The molecule has 2 aliphatic heterocycles. The number of aliphatic hydroxyl groups is 1. The molecule has 45 heavy (non-hydrogen) atoms. The van der Waals surface area contributed by atoms with E-state index in [1.807, 2.05) is 0 Å². The Kier molecular flexibility index (Phi) is 9.72. The molecule has 1 saturated heterocycles. The third-order valence-electron chi connectivity index (χ3n) is 7.28. The molecule has 5 rings (SSSR count). The predicted octanol–water partition coefficient (Wildman–Crippen LogP) is 5.77. The van der Waals surface area contributed by atoms with Crippen molar-refractivity contribution in [3.05, 3.63) is 76.3 Å². The topological polar surface area (TPSA) is 134 Å². The number of hydrogen-bond acceptors (Lipinski definition) is 11. The first-order chi connectivity index (χ1) is 21.8. The van der Waals surface area contributed by atoms with Crippen LogP contribution in [0.3, 0.4) is 0 Å². The minimum atomic E-state index is -1.12. The number of rotatable bonds is 12. The van der Waals surface area contributed by atoms with Gasteiger partial charge in [0, 0.05) is 5.56 Å². The number of nitrogens with zero attached hydrogens (tertiary/aromatic N) is 2. The summed E-state index contributed by atoms with van der Waals surface area (Å²) in [6, 6.07) is 8.73. The number of amides is 1. The van der Waals surface area contributed by atoms with E-state index in [4.69, 9.17) is 23.7 Å². The number of ether oxygens (including phenoxy) is 5. The molecule has 11 nitrogen and oxygen atoms in total. The first-order valence-corrected chi connectivity index (χ1v) is 15.4. The third kappa shape index (κ3) is 6.37. The van der Waals surface area contributed by atoms with Crippen molar-refractivity contribution in [3.63, 3.8) is 0 Å². The Bertz CT molecular complexity index is 1660. The lowest BCUT2D eigenvalue weighted by Crippen LogP contribution is -2.29. The van der Waals surface area contributed by atoms with Crippen LogP contribution >= 0.6 is 11.3 Å². The quantitative estimate of drug-likeness (QED) is 0.0654. The van der Waals surface area contributed by atoms with Crippen LogP contribution in [-0.2, 0) is 14.3 Å². The van der Waals surface area contributed by atoms with Crippen molar-refractivity contribution in [1.29, 1.82) is 0 Å². The molecule has 0 saturated carbocycles. The molecule has 0 aliphatic carbocycles. The molecule has 1 atom stereocenters. The van der Waals surface area contributed by atoms with Crippen LogP contribution in [0.1, 0.15) is 58.7 Å². The molecule has 1 unspecified atom stereocenters. The highest BCUT2D eigenvalue weighted by atomic mass is 32.1. The highest BCUT2D eigenvalue weighted by molar-refractivity contribution is 7.17. The molecule has 12 heteroatoms. The van der Waals surface area contributed by atoms with Crippen LogP contribution < -0.4 is 23.8 Å². The van der Waals surface area contributed by atoms with Crippen molar-refractivity contribution < 1.29 is 43.2 Å². The molecule has 1 N–H and O–H groups in total. The molecule has 0 radical (unpaired) electrons. The second kappa shape index (κ2) is 13.9. The van der Waals surface area contributed by atoms with E-state index in [1.54, 1.807) is 43.3 Å². The van der Waals surface area contributed by atoms with Crippen molar-refractivity contribution in [1.82, 2.24) is 4.98 Å². The van der Waals surface area contributed by atoms with Crippen molar-refractivity contribution in [2.75, 3.05) is 38.4 Å². The molecular formula is C33H34N2O9S. The number of methoxy groups -OCH3 is 1. The number of anilines is 1. The number of esters is 1. The summed E-state index contributed by atoms with van der Waals surface area (Å²) in [5.74, 6) is -1.09. The van der Waals surface area contributed by atoms with Crippen molar-refractivity contribution >= 4 is 39.9 Å². The number of unbranched alkanes of at least 4 members (excludes halogenated alkanes) is 2. The van der Waals surface area contributed by atoms with E-state index < -0.39 is 29.5 Å². The smallest absolute Gasteiger partial charge is 0.350 e. The standard InChI is InChI=1S/C33H34N2O9S/c1-5-7-8-14-41-22-11-9-20(17-24(22)40-4)27-26(28(36)21-10-12-23-25(18-21)43-16-15-42-23)29(37)31(38)35(27)33-34-19(3)30(45-33)32(39)44-13-6-2/h6,9-12,17-18,27,36H,2,5,7-8,13-16H2,1,3-4H3. The maximum absolute atomic E-state index is 13.7. The van der Waals surface area contributed by atoms with Gasteiger partial charge < -0.3 is 28.8 Å². The van der Waals surface area contributed by atoms with Crippen LogP contribution in [0.5, 0.6) is 23.0 Å². The van der Waals surface area contributed by atoms with Crippen LogP contribution in [0.25, 0.3) is 5.76 Å². The minimum absolute atomic E-state index is 0.00177. The van der Waals surface area contributed by atoms with Gasteiger partial charge in [0.15, 0.2) is 28.1 Å². The predicted molar refractivity (Wildman–Crippen MR) is 168 cm³/mol. The van der Waals surface area contributed by atoms with Crippen LogP contribution in [0.15, 0.2) is 54.6 Å². The number of aryl methyl sites for hydroxylation is 1. The van der Waals surface area contributed by atoms with Gasteiger partial charge in [-0.1, -0.05) is 49.8 Å². The van der Waals surface area contributed by atoms with E-state index in [0.29, 0.717) is 54.1 Å². The molecule has 3 aromatic rings. The number of carbonyl (C=O) groups is 3. The van der Waals surface area contributed by atoms with Gasteiger partial charge in [-0.2, -0.15) is 0 Å². The fourth-order valence-corrected chi connectivity index (χ4v) is 6.06. The average Bonchev–Trinajstić information content (AvgIpc) is 3.57. The number of Topliss-reactive ketones (excluding diaryl/α,β-unsaturated/α-hetero) is 1. The zero-order valence-corrected chi connectivity index (χ0v) is 26.1. The summed E-state index contributed by atoms with van der Waals surface area (Å²) in [7, 11) is 1.50. The van der Waals surface area contributed by atoms with Crippen molar-refractivity contribution in [2.24, 2.45) is 0 Å². The molecule has 1 fully saturated rings. The maximum atomic E-state index is 13.7. The van der Waals surface area contributed by atoms with Crippen LogP contribution in [0.4, 0.5) is 5.13 Å². The first kappa shape index (κ1) is 31.6. The maximum Gasteiger partial charge on any atom is 0.350 e. The van der Waals surface area contributed by atoms with E-state index in [0.717, 1.165) is 30.6 Å². The second-order valence-electron chi connectivity index (χ2n) is 10.3. The minimum Gasteiger partial charge on any atom is -0.507 e. The number of thiazole rings is 1. The van der Waals surface area contributed by atoms with Gasteiger partial charge in [0.2, 0.25) is 0 Å². The third-order valence-corrected chi connectivity index (χ3v) is 8.41. The van der Waals surface area contributed by atoms with E-state index >= 15 is 0 Å². The zero-order valence-electron chi connectivity index (χ0n) is 25.3. The molecule has 3 heterocycles. The number of carbonyl (C=O) groups excluding carboxylic acids is 3. The SMILES string of the molecule is C=CCOC(=O)c1sc(N2C(=O)C(=O)C(=C(O)c3ccc4c(c3)OCCO4)C2c2ccc(OCCCCC)c(OC)c2)nc1C. The van der Waals surface area contributed by atoms with E-state index in [9.17, 15) is 19.5 Å². The Morgan fingerprint density at radius 2 is 1.91 bits per heavy atom. The Morgan fingerprint density at radius 1 is 1.13 bits per heavy atom. The van der Waals surface area contributed by atoms with Gasteiger partial charge in [0.25, 0.3) is 5.78 Å². The lowest BCUT2D eigenvalue weighted by Gasteiger charge is -2.24. The number of ketones is 1. The average molecular weight is 635 g/mol. The summed E-state index contributed by atoms with van der Waals surface area (Å²) < 4.78 is 28.0. The van der Waals surface area contributed by atoms with Crippen LogP contribution in [0, 0.1) is 6.92 Å². The lowest BCUT2D eigenvalue weighted by molar-refractivity contribution is -0.132.